The van der Waals surface area contributed by atoms with Gasteiger partial charge >= 0.3 is 6.61 Å². The molecule has 0 aliphatic rings. The van der Waals surface area contributed by atoms with Gasteiger partial charge in [0.1, 0.15) is 5.75 Å². The standard InChI is InChI=1S/C16H13ClF2N2O3/c17-12-5-7-13(8-6-12)21-15(22)10-23-20-9-11-3-1-2-4-14(11)24-16(18)19/h1-9,16H,10H2,(H,21,22). The van der Waals surface area contributed by atoms with Crippen LogP contribution in [-0.4, -0.2) is 25.3 Å². The molecule has 0 saturated carbocycles. The van der Waals surface area contributed by atoms with E-state index >= 15 is 0 Å². The number of carbonyl (C=O) groups excluding carboxylic acids is 1. The second kappa shape index (κ2) is 8.83. The molecule has 0 aliphatic carbocycles. The first kappa shape index (κ1) is 17.7. The molecular formula is C16H13ClF2N2O3. The van der Waals surface area contributed by atoms with Gasteiger partial charge in [-0.05, 0) is 36.4 Å². The number of nitrogens with zero attached hydrogens (tertiary/aromatic N) is 1. The molecule has 2 rings (SSSR count). The fourth-order valence-electron chi connectivity index (χ4n) is 1.71. The van der Waals surface area contributed by atoms with Gasteiger partial charge in [-0.2, -0.15) is 8.78 Å². The predicted molar refractivity (Wildman–Crippen MR) is 86.7 cm³/mol. The Kier molecular flexibility index (Phi) is 6.51. The first-order valence-electron chi connectivity index (χ1n) is 6.79. The van der Waals surface area contributed by atoms with Gasteiger partial charge in [0.05, 0.1) is 6.21 Å². The maximum Gasteiger partial charge on any atom is 0.387 e. The Morgan fingerprint density at radius 1 is 1.21 bits per heavy atom. The van der Waals surface area contributed by atoms with Crippen molar-refractivity contribution in [1.29, 1.82) is 0 Å². The predicted octanol–water partition coefficient (Wildman–Crippen LogP) is 3.93. The van der Waals surface area contributed by atoms with Gasteiger partial charge < -0.3 is 14.9 Å². The lowest BCUT2D eigenvalue weighted by molar-refractivity contribution is -0.120. The average molecular weight is 355 g/mol. The monoisotopic (exact) mass is 354 g/mol. The molecule has 0 saturated heterocycles. The van der Waals surface area contributed by atoms with E-state index in [9.17, 15) is 13.6 Å². The molecule has 0 aromatic heterocycles. The van der Waals surface area contributed by atoms with Crippen LogP contribution in [0, 0.1) is 0 Å². The Bertz CT molecular complexity index is 709. The molecule has 0 bridgehead atoms. The summed E-state index contributed by atoms with van der Waals surface area (Å²) in [6.07, 6.45) is 1.19. The summed E-state index contributed by atoms with van der Waals surface area (Å²) in [6, 6.07) is 12.6. The van der Waals surface area contributed by atoms with E-state index in [2.05, 4.69) is 15.2 Å². The normalized spacial score (nSPS) is 10.8. The van der Waals surface area contributed by atoms with E-state index in [1.54, 1.807) is 36.4 Å². The summed E-state index contributed by atoms with van der Waals surface area (Å²) in [7, 11) is 0. The van der Waals surface area contributed by atoms with Crippen LogP contribution in [0.3, 0.4) is 0 Å². The molecule has 8 heteroatoms. The van der Waals surface area contributed by atoms with Crippen LogP contribution >= 0.6 is 11.6 Å². The van der Waals surface area contributed by atoms with E-state index in [1.807, 2.05) is 0 Å². The lowest BCUT2D eigenvalue weighted by atomic mass is 10.2. The van der Waals surface area contributed by atoms with Crippen LogP contribution in [0.5, 0.6) is 5.75 Å². The Morgan fingerprint density at radius 2 is 1.92 bits per heavy atom. The quantitative estimate of drug-likeness (QED) is 0.605. The molecule has 0 spiro atoms. The molecule has 0 aliphatic heterocycles. The zero-order valence-electron chi connectivity index (χ0n) is 12.3. The Morgan fingerprint density at radius 3 is 2.62 bits per heavy atom. The van der Waals surface area contributed by atoms with Crippen LogP contribution in [0.2, 0.25) is 5.02 Å². The molecule has 0 atom stereocenters. The van der Waals surface area contributed by atoms with Crippen LogP contribution in [0.1, 0.15) is 5.56 Å². The number of oxime groups is 1. The van der Waals surface area contributed by atoms with E-state index in [-0.39, 0.29) is 12.4 Å². The SMILES string of the molecule is O=C(CON=Cc1ccccc1OC(F)F)Nc1ccc(Cl)cc1. The van der Waals surface area contributed by atoms with E-state index in [0.29, 0.717) is 16.3 Å². The van der Waals surface area contributed by atoms with E-state index in [1.165, 1.54) is 18.3 Å². The number of carbonyl (C=O) groups is 1. The van der Waals surface area contributed by atoms with Crippen molar-refractivity contribution in [1.82, 2.24) is 0 Å². The molecule has 1 amide bonds. The third-order valence-corrected chi connectivity index (χ3v) is 2.98. The lowest BCUT2D eigenvalue weighted by Gasteiger charge is -2.07. The molecule has 0 fully saturated rings. The highest BCUT2D eigenvalue weighted by atomic mass is 35.5. The Labute approximate surface area is 141 Å². The van der Waals surface area contributed by atoms with E-state index < -0.39 is 12.5 Å². The third-order valence-electron chi connectivity index (χ3n) is 2.73. The fraction of sp³-hybridized carbons (Fsp3) is 0.125. The van der Waals surface area contributed by atoms with Gasteiger partial charge in [0, 0.05) is 16.3 Å². The molecule has 0 radical (unpaired) electrons. The maximum atomic E-state index is 12.3. The summed E-state index contributed by atoms with van der Waals surface area (Å²) in [6.45, 7) is -3.28. The number of alkyl halides is 2. The molecule has 126 valence electrons. The number of rotatable bonds is 7. The highest BCUT2D eigenvalue weighted by molar-refractivity contribution is 6.30. The summed E-state index contributed by atoms with van der Waals surface area (Å²) in [5.41, 5.74) is 0.864. The number of para-hydroxylation sites is 1. The maximum absolute atomic E-state index is 12.3. The molecule has 24 heavy (non-hydrogen) atoms. The number of anilines is 1. The van der Waals surface area contributed by atoms with Gasteiger partial charge in [0.2, 0.25) is 0 Å². The summed E-state index contributed by atoms with van der Waals surface area (Å²) in [4.78, 5) is 16.5. The van der Waals surface area contributed by atoms with Crippen LogP contribution in [0.15, 0.2) is 53.7 Å². The van der Waals surface area contributed by atoms with Crippen molar-refractivity contribution in [2.24, 2.45) is 5.16 Å². The largest absolute Gasteiger partial charge is 0.434 e. The molecule has 0 unspecified atom stereocenters. The van der Waals surface area contributed by atoms with Crippen molar-refractivity contribution in [2.45, 2.75) is 6.61 Å². The topological polar surface area (TPSA) is 59.9 Å². The van der Waals surface area contributed by atoms with Crippen LogP contribution in [0.4, 0.5) is 14.5 Å². The van der Waals surface area contributed by atoms with Crippen molar-refractivity contribution >= 4 is 29.4 Å². The summed E-state index contributed by atoms with van der Waals surface area (Å²) in [5.74, 6) is -0.461. The number of nitrogens with one attached hydrogen (secondary N) is 1. The molecule has 2 aromatic carbocycles. The van der Waals surface area contributed by atoms with Crippen molar-refractivity contribution in [3.8, 4) is 5.75 Å². The Hall–Kier alpha value is -2.67. The van der Waals surface area contributed by atoms with Gasteiger partial charge in [0.15, 0.2) is 6.61 Å². The van der Waals surface area contributed by atoms with Crippen LogP contribution in [0.25, 0.3) is 0 Å². The highest BCUT2D eigenvalue weighted by Gasteiger charge is 2.07. The minimum Gasteiger partial charge on any atom is -0.434 e. The van der Waals surface area contributed by atoms with Gasteiger partial charge in [-0.15, -0.1) is 0 Å². The van der Waals surface area contributed by atoms with Gasteiger partial charge in [-0.1, -0.05) is 28.9 Å². The van der Waals surface area contributed by atoms with Crippen molar-refractivity contribution in [3.63, 3.8) is 0 Å². The number of halogens is 3. The lowest BCUT2D eigenvalue weighted by Crippen LogP contribution is -2.16. The number of ether oxygens (including phenoxy) is 1. The first-order valence-corrected chi connectivity index (χ1v) is 7.17. The van der Waals surface area contributed by atoms with Crippen LogP contribution in [-0.2, 0) is 9.63 Å². The number of amides is 1. The minimum absolute atomic E-state index is 0.0366. The minimum atomic E-state index is -2.94. The smallest absolute Gasteiger partial charge is 0.387 e. The Balaban J connectivity index is 1.84. The van der Waals surface area contributed by atoms with Crippen molar-refractivity contribution < 1.29 is 23.1 Å². The van der Waals surface area contributed by atoms with Gasteiger partial charge in [-0.25, -0.2) is 0 Å². The number of hydrogen-bond acceptors (Lipinski definition) is 4. The summed E-state index contributed by atoms with van der Waals surface area (Å²) < 4.78 is 28.9. The third kappa shape index (κ3) is 5.85. The van der Waals surface area contributed by atoms with Gasteiger partial charge in [-0.3, -0.25) is 4.79 Å². The highest BCUT2D eigenvalue weighted by Crippen LogP contribution is 2.18. The molecule has 5 nitrogen and oxygen atoms in total. The van der Waals surface area contributed by atoms with Crippen molar-refractivity contribution in [2.75, 3.05) is 11.9 Å². The van der Waals surface area contributed by atoms with E-state index in [0.717, 1.165) is 0 Å². The summed E-state index contributed by atoms with van der Waals surface area (Å²) in [5, 5.41) is 6.71. The van der Waals surface area contributed by atoms with Crippen molar-refractivity contribution in [3.05, 3.63) is 59.1 Å². The van der Waals surface area contributed by atoms with Gasteiger partial charge in [0.25, 0.3) is 5.91 Å². The summed E-state index contributed by atoms with van der Waals surface area (Å²) >= 11 is 5.74. The molecule has 1 N–H and O–H groups in total. The molecular weight excluding hydrogens is 342 g/mol. The molecule has 0 heterocycles. The zero-order chi connectivity index (χ0) is 17.4. The van der Waals surface area contributed by atoms with E-state index in [4.69, 9.17) is 16.4 Å². The van der Waals surface area contributed by atoms with Crippen LogP contribution < -0.4 is 10.1 Å². The average Bonchev–Trinajstić information content (AvgIpc) is 2.55. The zero-order valence-corrected chi connectivity index (χ0v) is 13.0. The number of hydrogen-bond donors (Lipinski definition) is 1. The second-order valence-electron chi connectivity index (χ2n) is 4.48. The second-order valence-corrected chi connectivity index (χ2v) is 4.92. The number of benzene rings is 2. The fourth-order valence-corrected chi connectivity index (χ4v) is 1.84. The first-order chi connectivity index (χ1) is 11.5. The molecule has 2 aromatic rings.